The number of hydrogen-bond donors (Lipinski definition) is 0. The Labute approximate surface area is 141 Å². The van der Waals surface area contributed by atoms with E-state index in [-0.39, 0.29) is 29.5 Å². The molecule has 1 aromatic rings. The number of esters is 2. The van der Waals surface area contributed by atoms with Crippen LogP contribution in [0.1, 0.15) is 35.5 Å². The Bertz CT molecular complexity index is 663. The highest BCUT2D eigenvalue weighted by atomic mass is 32.1. The maximum atomic E-state index is 12.7. The summed E-state index contributed by atoms with van der Waals surface area (Å²) >= 11 is 0.770. The van der Waals surface area contributed by atoms with Gasteiger partial charge in [-0.05, 0) is 32.3 Å². The molecule has 0 saturated carbocycles. The summed E-state index contributed by atoms with van der Waals surface area (Å²) in [7, 11) is 0. The number of rotatable bonds is 6. The standard InChI is InChI=1S/C15H17NO7S/c1-3-22-14(18)11(15(19)23-4-2)9-6-5-8-7-10(16(20)21)24-13(8)12(9)17/h7,9,11H,3-6H2,1-2H3. The largest absolute Gasteiger partial charge is 0.465 e. The van der Waals surface area contributed by atoms with Crippen molar-refractivity contribution in [2.24, 2.45) is 11.8 Å². The molecule has 0 N–H and O–H groups in total. The first-order valence-corrected chi connectivity index (χ1v) is 8.36. The molecule has 8 nitrogen and oxygen atoms in total. The minimum Gasteiger partial charge on any atom is -0.465 e. The molecule has 9 heteroatoms. The van der Waals surface area contributed by atoms with Gasteiger partial charge in [-0.2, -0.15) is 0 Å². The summed E-state index contributed by atoms with van der Waals surface area (Å²) in [6.07, 6.45) is 0.618. The molecule has 0 bridgehead atoms. The third kappa shape index (κ3) is 3.45. The Morgan fingerprint density at radius 2 is 1.92 bits per heavy atom. The Hall–Kier alpha value is -2.29. The molecule has 0 fully saturated rings. The fourth-order valence-electron chi connectivity index (χ4n) is 2.72. The third-order valence-corrected chi connectivity index (χ3v) is 4.89. The van der Waals surface area contributed by atoms with Crippen LogP contribution in [0.15, 0.2) is 6.07 Å². The number of thiophene rings is 1. The van der Waals surface area contributed by atoms with Crippen LogP contribution in [0.4, 0.5) is 5.00 Å². The van der Waals surface area contributed by atoms with Crippen LogP contribution in [0.3, 0.4) is 0 Å². The van der Waals surface area contributed by atoms with E-state index in [9.17, 15) is 24.5 Å². The third-order valence-electron chi connectivity index (χ3n) is 3.74. The maximum absolute atomic E-state index is 12.7. The molecule has 24 heavy (non-hydrogen) atoms. The van der Waals surface area contributed by atoms with Crippen LogP contribution in [0, 0.1) is 22.0 Å². The molecule has 0 amide bonds. The molecule has 1 aromatic heterocycles. The minimum absolute atomic E-state index is 0.0748. The number of aryl methyl sites for hydroxylation is 1. The van der Waals surface area contributed by atoms with E-state index in [1.54, 1.807) is 13.8 Å². The Morgan fingerprint density at radius 3 is 2.42 bits per heavy atom. The number of ketones is 1. The second kappa shape index (κ2) is 7.52. The lowest BCUT2D eigenvalue weighted by Gasteiger charge is -2.25. The molecule has 1 heterocycles. The van der Waals surface area contributed by atoms with Crippen molar-refractivity contribution in [3.63, 3.8) is 0 Å². The highest BCUT2D eigenvalue weighted by molar-refractivity contribution is 7.17. The molecule has 0 radical (unpaired) electrons. The lowest BCUT2D eigenvalue weighted by atomic mass is 9.79. The van der Waals surface area contributed by atoms with E-state index < -0.39 is 34.5 Å². The van der Waals surface area contributed by atoms with Crippen molar-refractivity contribution in [3.05, 3.63) is 26.6 Å². The molecule has 2 rings (SSSR count). The Balaban J connectivity index is 2.33. The molecule has 1 aliphatic rings. The molecule has 130 valence electrons. The normalized spacial score (nSPS) is 16.6. The second-order valence-corrected chi connectivity index (χ2v) is 6.22. The van der Waals surface area contributed by atoms with E-state index in [1.807, 2.05) is 0 Å². The average molecular weight is 355 g/mol. The topological polar surface area (TPSA) is 113 Å². The maximum Gasteiger partial charge on any atom is 0.325 e. The number of nitrogens with zero attached hydrogens (tertiary/aromatic N) is 1. The first kappa shape index (κ1) is 18.1. The van der Waals surface area contributed by atoms with E-state index in [2.05, 4.69) is 0 Å². The zero-order valence-corrected chi connectivity index (χ0v) is 14.1. The highest BCUT2D eigenvalue weighted by Gasteiger charge is 2.45. The monoisotopic (exact) mass is 355 g/mol. The molecular weight excluding hydrogens is 338 g/mol. The summed E-state index contributed by atoms with van der Waals surface area (Å²) in [5.41, 5.74) is 0.583. The van der Waals surface area contributed by atoms with Gasteiger partial charge >= 0.3 is 16.9 Å². The van der Waals surface area contributed by atoms with E-state index in [4.69, 9.17) is 9.47 Å². The summed E-state index contributed by atoms with van der Waals surface area (Å²) < 4.78 is 9.82. The van der Waals surface area contributed by atoms with Crippen LogP contribution >= 0.6 is 11.3 Å². The van der Waals surface area contributed by atoms with E-state index >= 15 is 0 Å². The van der Waals surface area contributed by atoms with Crippen LogP contribution in [-0.4, -0.2) is 35.9 Å². The minimum atomic E-state index is -1.34. The number of carbonyl (C=O) groups is 3. The van der Waals surface area contributed by atoms with Crippen molar-refractivity contribution in [3.8, 4) is 0 Å². The number of hydrogen-bond acceptors (Lipinski definition) is 8. The first-order valence-electron chi connectivity index (χ1n) is 7.55. The number of nitro groups is 1. The summed E-state index contributed by atoms with van der Waals surface area (Å²) in [6, 6.07) is 1.37. The predicted molar refractivity (Wildman–Crippen MR) is 83.9 cm³/mol. The lowest BCUT2D eigenvalue weighted by Crippen LogP contribution is -2.40. The Kier molecular flexibility index (Phi) is 5.66. The quantitative estimate of drug-likeness (QED) is 0.332. The molecule has 0 spiro atoms. The van der Waals surface area contributed by atoms with Gasteiger partial charge in [-0.1, -0.05) is 11.3 Å². The van der Waals surface area contributed by atoms with Gasteiger partial charge in [0, 0.05) is 12.0 Å². The summed E-state index contributed by atoms with van der Waals surface area (Å²) in [4.78, 5) is 47.5. The van der Waals surface area contributed by atoms with Crippen molar-refractivity contribution in [2.75, 3.05) is 13.2 Å². The first-order chi connectivity index (χ1) is 11.4. The fraction of sp³-hybridized carbons (Fsp3) is 0.533. The number of carbonyl (C=O) groups excluding carboxylic acids is 3. The van der Waals surface area contributed by atoms with Crippen LogP contribution < -0.4 is 0 Å². The van der Waals surface area contributed by atoms with Gasteiger partial charge < -0.3 is 9.47 Å². The Morgan fingerprint density at radius 1 is 1.33 bits per heavy atom. The lowest BCUT2D eigenvalue weighted by molar-refractivity contribution is -0.380. The highest BCUT2D eigenvalue weighted by Crippen LogP contribution is 2.39. The van der Waals surface area contributed by atoms with E-state index in [1.165, 1.54) is 6.07 Å². The predicted octanol–water partition coefficient (Wildman–Crippen LogP) is 2.14. The van der Waals surface area contributed by atoms with Crippen molar-refractivity contribution < 1.29 is 28.8 Å². The van der Waals surface area contributed by atoms with Gasteiger partial charge in [0.15, 0.2) is 11.7 Å². The second-order valence-electron chi connectivity index (χ2n) is 5.19. The van der Waals surface area contributed by atoms with Gasteiger partial charge in [0.2, 0.25) is 0 Å². The van der Waals surface area contributed by atoms with Gasteiger partial charge in [0.25, 0.3) is 0 Å². The van der Waals surface area contributed by atoms with E-state index in [0.717, 1.165) is 11.3 Å². The summed E-state index contributed by atoms with van der Waals surface area (Å²) in [5.74, 6) is -4.31. The summed E-state index contributed by atoms with van der Waals surface area (Å²) in [5, 5.41) is 10.8. The number of Topliss-reactive ketones (excluding diaryl/α,β-unsaturated/α-hetero) is 1. The van der Waals surface area contributed by atoms with E-state index in [0.29, 0.717) is 12.0 Å². The molecule has 0 aromatic carbocycles. The molecule has 1 aliphatic carbocycles. The van der Waals surface area contributed by atoms with Crippen LogP contribution in [0.2, 0.25) is 0 Å². The molecule has 1 atom stereocenters. The number of fused-ring (bicyclic) bond motifs is 1. The van der Waals surface area contributed by atoms with Crippen LogP contribution in [0.5, 0.6) is 0 Å². The smallest absolute Gasteiger partial charge is 0.325 e. The van der Waals surface area contributed by atoms with Gasteiger partial charge in [-0.15, -0.1) is 0 Å². The van der Waals surface area contributed by atoms with Crippen molar-refractivity contribution in [1.82, 2.24) is 0 Å². The molecule has 0 aliphatic heterocycles. The van der Waals surface area contributed by atoms with Crippen molar-refractivity contribution in [1.29, 1.82) is 0 Å². The van der Waals surface area contributed by atoms with Crippen molar-refractivity contribution >= 4 is 34.1 Å². The SMILES string of the molecule is CCOC(=O)C(C(=O)OCC)C1CCc2cc([N+](=O)[O-])sc2C1=O. The van der Waals surface area contributed by atoms with Gasteiger partial charge in [-0.3, -0.25) is 24.5 Å². The van der Waals surface area contributed by atoms with Crippen LogP contribution in [-0.2, 0) is 25.5 Å². The van der Waals surface area contributed by atoms with Crippen molar-refractivity contribution in [2.45, 2.75) is 26.7 Å². The fourth-order valence-corrected chi connectivity index (χ4v) is 3.74. The zero-order valence-electron chi connectivity index (χ0n) is 13.3. The van der Waals surface area contributed by atoms with Gasteiger partial charge in [-0.25, -0.2) is 0 Å². The van der Waals surface area contributed by atoms with Crippen LogP contribution in [0.25, 0.3) is 0 Å². The number of ether oxygens (including phenoxy) is 2. The zero-order chi connectivity index (χ0) is 17.9. The molecular formula is C15H17NO7S. The molecule has 1 unspecified atom stereocenters. The average Bonchev–Trinajstić information content (AvgIpc) is 2.96. The van der Waals surface area contributed by atoms with Gasteiger partial charge in [0.1, 0.15) is 0 Å². The molecule has 0 saturated heterocycles. The van der Waals surface area contributed by atoms with Gasteiger partial charge in [0.05, 0.1) is 23.0 Å². The summed E-state index contributed by atoms with van der Waals surface area (Å²) in [6.45, 7) is 3.35.